The Morgan fingerprint density at radius 2 is 0.489 bits per heavy atom. The molecule has 9 heteroatoms. The molecule has 36 rings (SSSR count). The topological polar surface area (TPSA) is 19.4 Å². The Kier molecular flexibility index (Phi) is 17.6. The van der Waals surface area contributed by atoms with Crippen LogP contribution in [0.4, 0.5) is 102 Å². The van der Waals surface area contributed by atoms with E-state index in [4.69, 9.17) is 0 Å². The van der Waals surface area contributed by atoms with E-state index in [0.717, 1.165) is 71.0 Å². The first-order valence-corrected chi connectivity index (χ1v) is 54.6. The molecule has 12 aliphatic carbocycles. The summed E-state index contributed by atoms with van der Waals surface area (Å²) in [5.74, 6) is 11.6. The van der Waals surface area contributed by atoms with E-state index in [1.54, 1.807) is 33.4 Å². The number of nitrogens with zero attached hydrogens (tertiary/aromatic N) is 6. The van der Waals surface area contributed by atoms with Gasteiger partial charge in [0.05, 0.1) is 17.1 Å². The Bertz CT molecular complexity index is 7680. The average Bonchev–Trinajstić information content (AvgIpc) is 0.682. The molecular weight excluding hydrogens is 1700 g/mol. The van der Waals surface area contributed by atoms with Gasteiger partial charge in [0.15, 0.2) is 0 Å². The highest BCUT2D eigenvalue weighted by atomic mass is 15.2. The quantitative estimate of drug-likeness (QED) is 0.153. The zero-order chi connectivity index (χ0) is 93.5. The van der Waals surface area contributed by atoms with Crippen LogP contribution in [0.15, 0.2) is 309 Å². The van der Waals surface area contributed by atoms with E-state index in [2.05, 4.69) is 401 Å². The van der Waals surface area contributed by atoms with Gasteiger partial charge in [-0.2, -0.15) is 0 Å². The van der Waals surface area contributed by atoms with Gasteiger partial charge in [-0.25, -0.2) is 0 Å². The maximum Gasteiger partial charge on any atom is 0.252 e. The predicted octanol–water partition coefficient (Wildman–Crippen LogP) is 27.8. The minimum absolute atomic E-state index is 0.119. The molecule has 12 saturated carbocycles. The molecular formula is C132H123B3N6. The summed E-state index contributed by atoms with van der Waals surface area (Å²) in [5, 5.41) is 0. The molecule has 141 heavy (non-hydrogen) atoms. The Labute approximate surface area is 834 Å². The van der Waals surface area contributed by atoms with Crippen LogP contribution in [-0.2, 0) is 16.2 Å². The fourth-order valence-corrected chi connectivity index (χ4v) is 35.9. The van der Waals surface area contributed by atoms with Crippen molar-refractivity contribution < 1.29 is 0 Å². The molecule has 690 valence electrons. The van der Waals surface area contributed by atoms with E-state index < -0.39 is 0 Å². The third-order valence-electron chi connectivity index (χ3n) is 40.4. The van der Waals surface area contributed by atoms with E-state index in [1.807, 2.05) is 0 Å². The Morgan fingerprint density at radius 3 is 0.858 bits per heavy atom. The highest BCUT2D eigenvalue weighted by molar-refractivity contribution is 7.02. The van der Waals surface area contributed by atoms with Gasteiger partial charge in [0.25, 0.3) is 20.1 Å². The van der Waals surface area contributed by atoms with Gasteiger partial charge in [-0.05, 0) is 420 Å². The van der Waals surface area contributed by atoms with Gasteiger partial charge in [-0.1, -0.05) is 253 Å². The summed E-state index contributed by atoms with van der Waals surface area (Å²) in [7, 11) is 0. The number of hydrogen-bond donors (Lipinski definition) is 0. The smallest absolute Gasteiger partial charge is 0.252 e. The average molecular weight is 1830 g/mol. The second-order valence-electron chi connectivity index (χ2n) is 48.1. The predicted molar refractivity (Wildman–Crippen MR) is 591 cm³/mol. The molecule has 0 aromatic heterocycles. The first kappa shape index (κ1) is 83.0. The van der Waals surface area contributed by atoms with Crippen LogP contribution in [0.3, 0.4) is 0 Å². The molecule has 21 aliphatic rings. The Balaban J connectivity index is 0.0000000972. The first-order chi connectivity index (χ1) is 69.1. The van der Waals surface area contributed by atoms with Crippen LogP contribution < -0.4 is 78.6 Å². The number of benzene rings is 15. The van der Waals surface area contributed by atoms with Crippen molar-refractivity contribution in [3.63, 3.8) is 0 Å². The zero-order valence-corrected chi connectivity index (χ0v) is 83.1. The van der Waals surface area contributed by atoms with E-state index in [0.29, 0.717) is 17.8 Å². The standard InChI is InChI=1S/3C44H41BN2/c1-26(2)30-17-19-33(20-18-30)46-38-14-6-9-27(3)41(38)45-36-12-7-11-35-43(36)47(40-16-8-15-39(46)42(40)45)37-13-5-4-10-34(37)44(35)31-22-28-21-29(24-31)25-32(44)23-28;1-26(2)30-15-17-33(18-16-30)46-39-12-7-13-40-42(39)45(36-19-14-27(3)20-41(36)46)37-10-6-9-35-43(37)47(40)38-11-5-4-8-34(38)44(35)31-22-28-21-29(24-31)25-32(44)23-28;1-26(2)30-15-17-33(18-16-30)46-39-19-14-27(3)20-37(39)45-36-10-6-9-35-43(36)47(41-13-7-12-40(46)42(41)45)38-11-5-4-8-34(38)44(35)31-22-28-21-29(24-31)25-32(44)23-28/h3*4-20,26,28-29,31-32H,21-25H2,1-3H3. The maximum atomic E-state index is 2.70. The SMILES string of the molecule is Cc1ccc2c(c1)B1c3cccc4c3N(c3ccccc3C43C4CC5CC(C4)CC3C5)c3cccc(c31)N2c1ccc(C(C)C)cc1.Cc1ccc2c(c1)N(c1ccc(C(C)C)cc1)c1cccc3c1B2c1cccc2c1N3c1ccccc1C21C2CC3CC(C2)CC1C3.Cc1cccc2c1B1c3cccc4c3N(c3ccccc3C43C4CC5CC(C4)CC3C5)c3cccc(c31)N2c1ccc(C(C)C)cc1. The Hall–Kier alpha value is -12.7. The van der Waals surface area contributed by atoms with Gasteiger partial charge in [-0.15, -0.1) is 0 Å². The van der Waals surface area contributed by atoms with Crippen molar-refractivity contribution in [1.82, 2.24) is 0 Å². The fourth-order valence-electron chi connectivity index (χ4n) is 35.9. The lowest BCUT2D eigenvalue weighted by molar-refractivity contribution is -0.0419. The van der Waals surface area contributed by atoms with E-state index in [9.17, 15) is 0 Å². The molecule has 0 saturated heterocycles. The van der Waals surface area contributed by atoms with Crippen LogP contribution in [0.25, 0.3) is 0 Å². The minimum Gasteiger partial charge on any atom is -0.311 e. The number of anilines is 18. The molecule has 0 unspecified atom stereocenters. The van der Waals surface area contributed by atoms with Gasteiger partial charge >= 0.3 is 0 Å². The monoisotopic (exact) mass is 1830 g/mol. The largest absolute Gasteiger partial charge is 0.311 e. The lowest BCUT2D eigenvalue weighted by Crippen LogP contribution is -2.64. The minimum atomic E-state index is 0.119. The second-order valence-corrected chi connectivity index (χ2v) is 48.1. The van der Waals surface area contributed by atoms with Crippen LogP contribution >= 0.6 is 0 Å². The zero-order valence-electron chi connectivity index (χ0n) is 83.1. The van der Waals surface area contributed by atoms with Gasteiger partial charge < -0.3 is 29.4 Å². The lowest BCUT2D eigenvalue weighted by atomic mass is 9.32. The molecule has 0 atom stereocenters. The summed E-state index contributed by atoms with van der Waals surface area (Å²) in [4.78, 5) is 15.7. The maximum absolute atomic E-state index is 2.70. The number of fused-ring (bicyclic) bond motifs is 18. The van der Waals surface area contributed by atoms with E-state index in [1.165, 1.54) is 281 Å². The van der Waals surface area contributed by atoms with Gasteiger partial charge in [-0.3, -0.25) is 0 Å². The molecule has 12 fully saturated rings. The molecule has 9 heterocycles. The van der Waals surface area contributed by atoms with Crippen molar-refractivity contribution in [2.24, 2.45) is 71.0 Å². The number of aryl methyl sites for hydroxylation is 3. The fraction of sp³-hybridized carbons (Fsp3) is 0.318. The Morgan fingerprint density at radius 1 is 0.213 bits per heavy atom. The van der Waals surface area contributed by atoms with Crippen molar-refractivity contribution in [2.45, 2.75) is 193 Å². The second kappa shape index (κ2) is 30.0. The third kappa shape index (κ3) is 11.0. The molecule has 0 amide bonds. The van der Waals surface area contributed by atoms with E-state index in [-0.39, 0.29) is 36.4 Å². The molecule has 15 aromatic carbocycles. The summed E-state index contributed by atoms with van der Waals surface area (Å²) in [6.07, 6.45) is 21.3. The van der Waals surface area contributed by atoms with Crippen molar-refractivity contribution in [2.75, 3.05) is 29.4 Å². The number of para-hydroxylation sites is 6. The molecule has 12 bridgehead atoms. The van der Waals surface area contributed by atoms with Gasteiger partial charge in [0.2, 0.25) is 0 Å². The number of hydrogen-bond acceptors (Lipinski definition) is 6. The first-order valence-electron chi connectivity index (χ1n) is 54.6. The van der Waals surface area contributed by atoms with Crippen LogP contribution in [-0.4, -0.2) is 20.1 Å². The van der Waals surface area contributed by atoms with Crippen LogP contribution in [0.2, 0.25) is 0 Å². The van der Waals surface area contributed by atoms with E-state index >= 15 is 0 Å². The summed E-state index contributed by atoms with van der Waals surface area (Å²) in [5.41, 5.74) is 55.8. The summed E-state index contributed by atoms with van der Waals surface area (Å²) < 4.78 is 0. The normalized spacial score (nSPS) is 26.8. The summed E-state index contributed by atoms with van der Waals surface area (Å²) in [6.45, 7) is 21.1. The summed E-state index contributed by atoms with van der Waals surface area (Å²) in [6, 6.07) is 122. The van der Waals surface area contributed by atoms with Crippen molar-refractivity contribution >= 4 is 172 Å². The molecule has 15 aromatic rings. The van der Waals surface area contributed by atoms with Crippen LogP contribution in [0.5, 0.6) is 0 Å². The van der Waals surface area contributed by atoms with Crippen LogP contribution in [0, 0.1) is 91.8 Å². The molecule has 3 spiro atoms. The third-order valence-corrected chi connectivity index (χ3v) is 40.4. The van der Waals surface area contributed by atoms with Gasteiger partial charge in [0, 0.05) is 102 Å². The van der Waals surface area contributed by atoms with Crippen molar-refractivity contribution in [3.05, 3.63) is 376 Å². The molecule has 6 nitrogen and oxygen atoms in total. The van der Waals surface area contributed by atoms with Crippen molar-refractivity contribution in [1.29, 1.82) is 0 Å². The number of rotatable bonds is 6. The summed E-state index contributed by atoms with van der Waals surface area (Å²) >= 11 is 0. The highest BCUT2D eigenvalue weighted by Crippen LogP contribution is 2.74. The lowest BCUT2D eigenvalue weighted by Gasteiger charge is -2.64. The van der Waals surface area contributed by atoms with Crippen molar-refractivity contribution in [3.8, 4) is 0 Å². The molecule has 0 radical (unpaired) electrons. The molecule has 9 aliphatic heterocycles. The molecule has 0 N–H and O–H groups in total. The highest BCUT2D eigenvalue weighted by Gasteiger charge is 2.67. The van der Waals surface area contributed by atoms with Crippen LogP contribution in [0.1, 0.15) is 222 Å². The van der Waals surface area contributed by atoms with Gasteiger partial charge in [0.1, 0.15) is 0 Å².